The number of sulfonamides is 1. The third-order valence-electron chi connectivity index (χ3n) is 2.82. The summed E-state index contributed by atoms with van der Waals surface area (Å²) >= 11 is 0. The summed E-state index contributed by atoms with van der Waals surface area (Å²) in [4.78, 5) is 0.230. The third kappa shape index (κ3) is 2.38. The second kappa shape index (κ2) is 4.45. The van der Waals surface area contributed by atoms with Gasteiger partial charge in [0.1, 0.15) is 0 Å². The van der Waals surface area contributed by atoms with Crippen LogP contribution in [-0.2, 0) is 10.0 Å². The van der Waals surface area contributed by atoms with Gasteiger partial charge in [-0.15, -0.1) is 0 Å². The van der Waals surface area contributed by atoms with E-state index in [0.29, 0.717) is 5.82 Å². The Bertz CT molecular complexity index is 657. The van der Waals surface area contributed by atoms with Crippen molar-refractivity contribution in [2.24, 2.45) is 0 Å². The predicted octanol–water partition coefficient (Wildman–Crippen LogP) is 2.14. The highest BCUT2D eigenvalue weighted by atomic mass is 32.2. The van der Waals surface area contributed by atoms with Crippen LogP contribution in [0.3, 0.4) is 0 Å². The summed E-state index contributed by atoms with van der Waals surface area (Å²) in [5.74, 6) is 0.341. The monoisotopic (exact) mass is 265 g/mol. The second-order valence-corrected chi connectivity index (χ2v) is 5.92. The molecule has 0 radical (unpaired) electrons. The maximum Gasteiger partial charge on any atom is 0.263 e. The molecule has 0 unspecified atom stereocenters. The highest BCUT2D eigenvalue weighted by Gasteiger charge is 2.17. The molecule has 0 fully saturated rings. The Morgan fingerprint density at radius 3 is 2.22 bits per heavy atom. The fraction of sp³-hybridized carbons (Fsp3) is 0.250. The van der Waals surface area contributed by atoms with Gasteiger partial charge < -0.3 is 0 Å². The highest BCUT2D eigenvalue weighted by molar-refractivity contribution is 7.92. The number of aromatic nitrogens is 2. The lowest BCUT2D eigenvalue weighted by atomic mass is 10.2. The average Bonchev–Trinajstić information content (AvgIpc) is 2.61. The fourth-order valence-electron chi connectivity index (χ4n) is 1.49. The molecule has 1 heterocycles. The molecule has 0 saturated carbocycles. The lowest BCUT2D eigenvalue weighted by Gasteiger charge is -2.06. The number of nitrogens with one attached hydrogen (secondary N) is 2. The Hall–Kier alpha value is -1.82. The van der Waals surface area contributed by atoms with Gasteiger partial charge in [-0.25, -0.2) is 8.42 Å². The molecule has 2 aromatic rings. The van der Waals surface area contributed by atoms with Crippen LogP contribution in [0.25, 0.3) is 0 Å². The van der Waals surface area contributed by atoms with Crippen LogP contribution >= 0.6 is 0 Å². The summed E-state index contributed by atoms with van der Waals surface area (Å²) in [6, 6.07) is 6.67. The number of anilines is 1. The van der Waals surface area contributed by atoms with Crippen molar-refractivity contribution in [2.75, 3.05) is 4.72 Å². The first-order chi connectivity index (χ1) is 8.40. The number of H-pyrrole nitrogens is 1. The summed E-state index contributed by atoms with van der Waals surface area (Å²) in [6.07, 6.45) is 0. The Kier molecular flexibility index (Phi) is 3.13. The van der Waals surface area contributed by atoms with Gasteiger partial charge >= 0.3 is 0 Å². The molecular formula is C12H15N3O2S. The van der Waals surface area contributed by atoms with E-state index in [2.05, 4.69) is 14.9 Å². The van der Waals surface area contributed by atoms with Crippen LogP contribution in [0.15, 0.2) is 29.2 Å². The molecule has 6 heteroatoms. The van der Waals surface area contributed by atoms with Gasteiger partial charge in [-0.1, -0.05) is 17.7 Å². The van der Waals surface area contributed by atoms with Crippen molar-refractivity contribution in [2.45, 2.75) is 25.7 Å². The van der Waals surface area contributed by atoms with Crippen molar-refractivity contribution in [3.8, 4) is 0 Å². The minimum absolute atomic E-state index is 0.230. The first-order valence-corrected chi connectivity index (χ1v) is 6.99. The van der Waals surface area contributed by atoms with E-state index in [1.165, 1.54) is 0 Å². The maximum atomic E-state index is 12.1. The number of aryl methyl sites for hydroxylation is 2. The summed E-state index contributed by atoms with van der Waals surface area (Å²) in [6.45, 7) is 5.56. The van der Waals surface area contributed by atoms with Crippen LogP contribution < -0.4 is 4.72 Å². The molecule has 2 N–H and O–H groups in total. The van der Waals surface area contributed by atoms with Gasteiger partial charge in [-0.3, -0.25) is 9.82 Å². The molecule has 0 spiro atoms. The van der Waals surface area contributed by atoms with E-state index in [4.69, 9.17) is 0 Å². The second-order valence-electron chi connectivity index (χ2n) is 4.24. The fourth-order valence-corrected chi connectivity index (χ4v) is 2.55. The number of nitrogens with zero attached hydrogens (tertiary/aromatic N) is 1. The number of rotatable bonds is 3. The molecular weight excluding hydrogens is 250 g/mol. The molecule has 18 heavy (non-hydrogen) atoms. The van der Waals surface area contributed by atoms with Crippen LogP contribution in [0.1, 0.15) is 16.8 Å². The maximum absolute atomic E-state index is 12.1. The molecule has 1 aromatic heterocycles. The van der Waals surface area contributed by atoms with E-state index in [1.54, 1.807) is 24.3 Å². The highest BCUT2D eigenvalue weighted by Crippen LogP contribution is 2.19. The quantitative estimate of drug-likeness (QED) is 0.892. The summed E-state index contributed by atoms with van der Waals surface area (Å²) in [5.41, 5.74) is 2.66. The summed E-state index contributed by atoms with van der Waals surface area (Å²) in [5, 5.41) is 6.67. The largest absolute Gasteiger partial charge is 0.280 e. The molecule has 0 bridgehead atoms. The van der Waals surface area contributed by atoms with Gasteiger partial charge in [0, 0.05) is 11.3 Å². The lowest BCUT2D eigenvalue weighted by molar-refractivity contribution is 0.601. The van der Waals surface area contributed by atoms with Crippen molar-refractivity contribution in [3.63, 3.8) is 0 Å². The number of benzene rings is 1. The van der Waals surface area contributed by atoms with Crippen molar-refractivity contribution in [1.82, 2.24) is 10.2 Å². The van der Waals surface area contributed by atoms with Crippen LogP contribution in [0.4, 0.5) is 5.82 Å². The zero-order chi connectivity index (χ0) is 13.3. The Balaban J connectivity index is 2.33. The number of hydrogen-bond donors (Lipinski definition) is 2. The van der Waals surface area contributed by atoms with Crippen LogP contribution in [0.2, 0.25) is 0 Å². The molecule has 0 amide bonds. The molecule has 96 valence electrons. The van der Waals surface area contributed by atoms with E-state index < -0.39 is 10.0 Å². The normalized spacial score (nSPS) is 11.5. The van der Waals surface area contributed by atoms with Crippen LogP contribution in [0.5, 0.6) is 0 Å². The molecule has 5 nitrogen and oxygen atoms in total. The van der Waals surface area contributed by atoms with Crippen LogP contribution in [0, 0.1) is 20.8 Å². The van der Waals surface area contributed by atoms with Gasteiger partial charge in [0.2, 0.25) is 0 Å². The first-order valence-electron chi connectivity index (χ1n) is 5.51. The van der Waals surface area contributed by atoms with Gasteiger partial charge in [0.15, 0.2) is 5.82 Å². The van der Waals surface area contributed by atoms with Crippen molar-refractivity contribution in [1.29, 1.82) is 0 Å². The lowest BCUT2D eigenvalue weighted by Crippen LogP contribution is -2.13. The molecule has 0 aliphatic carbocycles. The third-order valence-corrected chi connectivity index (χ3v) is 4.17. The van der Waals surface area contributed by atoms with Gasteiger partial charge in [-0.05, 0) is 32.9 Å². The number of hydrogen-bond acceptors (Lipinski definition) is 3. The van der Waals surface area contributed by atoms with E-state index in [1.807, 2.05) is 20.8 Å². The molecule has 0 aliphatic rings. The minimum Gasteiger partial charge on any atom is -0.280 e. The van der Waals surface area contributed by atoms with Crippen molar-refractivity contribution < 1.29 is 8.42 Å². The molecule has 0 atom stereocenters. The van der Waals surface area contributed by atoms with Gasteiger partial charge in [-0.2, -0.15) is 5.10 Å². The van der Waals surface area contributed by atoms with Crippen LogP contribution in [-0.4, -0.2) is 18.6 Å². The molecule has 0 saturated heterocycles. The Morgan fingerprint density at radius 1 is 1.11 bits per heavy atom. The smallest absolute Gasteiger partial charge is 0.263 e. The molecule has 2 rings (SSSR count). The van der Waals surface area contributed by atoms with E-state index in [0.717, 1.165) is 16.8 Å². The number of aromatic amines is 1. The summed E-state index contributed by atoms with van der Waals surface area (Å²) < 4.78 is 26.7. The molecule has 1 aromatic carbocycles. The summed E-state index contributed by atoms with van der Waals surface area (Å²) in [7, 11) is -3.57. The SMILES string of the molecule is Cc1ccc(S(=O)(=O)Nc2n[nH]c(C)c2C)cc1. The van der Waals surface area contributed by atoms with Gasteiger partial charge in [0.25, 0.3) is 10.0 Å². The zero-order valence-corrected chi connectivity index (χ0v) is 11.3. The predicted molar refractivity (Wildman–Crippen MR) is 70.0 cm³/mol. The Labute approximate surface area is 106 Å². The first kappa shape index (κ1) is 12.6. The van der Waals surface area contributed by atoms with Crippen molar-refractivity contribution >= 4 is 15.8 Å². The van der Waals surface area contributed by atoms with E-state index in [-0.39, 0.29) is 4.90 Å². The van der Waals surface area contributed by atoms with Gasteiger partial charge in [0.05, 0.1) is 4.90 Å². The zero-order valence-electron chi connectivity index (χ0n) is 10.5. The van der Waals surface area contributed by atoms with E-state index >= 15 is 0 Å². The van der Waals surface area contributed by atoms with E-state index in [9.17, 15) is 8.42 Å². The standard InChI is InChI=1S/C12H15N3O2S/c1-8-4-6-11(7-5-8)18(16,17)15-12-9(2)10(3)13-14-12/h4-7H,1-3H3,(H2,13,14,15). The topological polar surface area (TPSA) is 74.8 Å². The Morgan fingerprint density at radius 2 is 1.72 bits per heavy atom. The molecule has 0 aliphatic heterocycles. The van der Waals surface area contributed by atoms with Crippen molar-refractivity contribution in [3.05, 3.63) is 41.1 Å². The average molecular weight is 265 g/mol. The minimum atomic E-state index is -3.57.